The fourth-order valence-corrected chi connectivity index (χ4v) is 2.78. The van der Waals surface area contributed by atoms with E-state index in [2.05, 4.69) is 20.9 Å². The Morgan fingerprint density at radius 3 is 2.28 bits per heavy atom. The zero-order valence-electron chi connectivity index (χ0n) is 17.4. The number of anilines is 3. The van der Waals surface area contributed by atoms with E-state index in [1.54, 1.807) is 37.3 Å². The Morgan fingerprint density at radius 2 is 1.59 bits per heavy atom. The minimum atomic E-state index is -0.514. The SMILES string of the molecule is CC(=O)Nc1cc(Oc2ccc(NC(=O)CC(=O)Nc3ccc(F)cc3)c(C)c2)ccn1. The number of nitrogens with one attached hydrogen (secondary N) is 3. The number of aromatic nitrogens is 1. The summed E-state index contributed by atoms with van der Waals surface area (Å²) < 4.78 is 18.7. The normalized spacial score (nSPS) is 10.2. The molecular formula is C23H21FN4O4. The van der Waals surface area contributed by atoms with Crippen LogP contribution in [0.2, 0.25) is 0 Å². The number of rotatable bonds is 7. The minimum absolute atomic E-state index is 0.239. The topological polar surface area (TPSA) is 109 Å². The molecule has 0 aliphatic rings. The molecule has 0 radical (unpaired) electrons. The van der Waals surface area contributed by atoms with Gasteiger partial charge in [0, 0.05) is 30.6 Å². The first kappa shape index (κ1) is 22.4. The lowest BCUT2D eigenvalue weighted by Crippen LogP contribution is -2.21. The first-order valence-electron chi connectivity index (χ1n) is 9.66. The molecule has 164 valence electrons. The Labute approximate surface area is 183 Å². The zero-order valence-corrected chi connectivity index (χ0v) is 17.4. The molecule has 0 unspecified atom stereocenters. The highest BCUT2D eigenvalue weighted by atomic mass is 19.1. The highest BCUT2D eigenvalue weighted by Crippen LogP contribution is 2.27. The third-order valence-corrected chi connectivity index (χ3v) is 4.19. The number of carbonyl (C=O) groups excluding carboxylic acids is 3. The van der Waals surface area contributed by atoms with Crippen molar-refractivity contribution in [3.8, 4) is 11.5 Å². The summed E-state index contributed by atoms with van der Waals surface area (Å²) in [6, 6.07) is 13.6. The molecule has 3 N–H and O–H groups in total. The average molecular weight is 436 g/mol. The van der Waals surface area contributed by atoms with Gasteiger partial charge in [0.05, 0.1) is 0 Å². The van der Waals surface area contributed by atoms with Gasteiger partial charge >= 0.3 is 0 Å². The van der Waals surface area contributed by atoms with E-state index >= 15 is 0 Å². The van der Waals surface area contributed by atoms with Crippen LogP contribution in [-0.2, 0) is 14.4 Å². The predicted octanol–water partition coefficient (Wildman–Crippen LogP) is 4.25. The van der Waals surface area contributed by atoms with Crippen LogP contribution in [0.4, 0.5) is 21.6 Å². The maximum Gasteiger partial charge on any atom is 0.233 e. The summed E-state index contributed by atoms with van der Waals surface area (Å²) in [7, 11) is 0. The predicted molar refractivity (Wildman–Crippen MR) is 118 cm³/mol. The Balaban J connectivity index is 1.57. The molecule has 0 aliphatic heterocycles. The van der Waals surface area contributed by atoms with Crippen molar-refractivity contribution in [2.45, 2.75) is 20.3 Å². The quantitative estimate of drug-likeness (QED) is 0.480. The van der Waals surface area contributed by atoms with E-state index < -0.39 is 24.1 Å². The number of hydrogen-bond acceptors (Lipinski definition) is 5. The molecular weight excluding hydrogens is 415 g/mol. The van der Waals surface area contributed by atoms with E-state index in [1.165, 1.54) is 37.4 Å². The molecule has 0 fully saturated rings. The van der Waals surface area contributed by atoms with Gasteiger partial charge in [0.1, 0.15) is 29.6 Å². The third-order valence-electron chi connectivity index (χ3n) is 4.19. The molecule has 0 atom stereocenters. The lowest BCUT2D eigenvalue weighted by Gasteiger charge is -2.12. The number of ether oxygens (including phenoxy) is 1. The van der Waals surface area contributed by atoms with Crippen LogP contribution in [0.5, 0.6) is 11.5 Å². The lowest BCUT2D eigenvalue weighted by atomic mass is 10.2. The molecule has 0 saturated carbocycles. The van der Waals surface area contributed by atoms with Crippen LogP contribution in [0.15, 0.2) is 60.8 Å². The molecule has 3 rings (SSSR count). The van der Waals surface area contributed by atoms with E-state index in [4.69, 9.17) is 4.74 Å². The van der Waals surface area contributed by atoms with Crippen molar-refractivity contribution in [3.63, 3.8) is 0 Å². The van der Waals surface area contributed by atoms with Gasteiger partial charge in [0.2, 0.25) is 17.7 Å². The second-order valence-electron chi connectivity index (χ2n) is 6.92. The fraction of sp³-hybridized carbons (Fsp3) is 0.130. The monoisotopic (exact) mass is 436 g/mol. The van der Waals surface area contributed by atoms with E-state index in [0.717, 1.165) is 5.56 Å². The Kier molecular flexibility index (Phi) is 7.12. The number of amides is 3. The summed E-state index contributed by atoms with van der Waals surface area (Å²) in [4.78, 5) is 39.4. The van der Waals surface area contributed by atoms with Crippen LogP contribution >= 0.6 is 0 Å². The summed E-state index contributed by atoms with van der Waals surface area (Å²) in [6.07, 6.45) is 1.12. The van der Waals surface area contributed by atoms with Gasteiger partial charge in [-0.3, -0.25) is 14.4 Å². The standard InChI is InChI=1S/C23H21FN4O4/c1-14-11-18(32-19-9-10-25-21(12-19)26-15(2)29)7-8-20(14)28-23(31)13-22(30)27-17-5-3-16(24)4-6-17/h3-12H,13H2,1-2H3,(H,27,30)(H,28,31)(H,25,26,29). The summed E-state index contributed by atoms with van der Waals surface area (Å²) in [5.41, 5.74) is 1.66. The van der Waals surface area contributed by atoms with Crippen LogP contribution in [0.3, 0.4) is 0 Å². The van der Waals surface area contributed by atoms with E-state index in [-0.39, 0.29) is 5.91 Å². The molecule has 2 aromatic carbocycles. The van der Waals surface area contributed by atoms with Crippen molar-refractivity contribution in [3.05, 3.63) is 72.2 Å². The molecule has 32 heavy (non-hydrogen) atoms. The number of pyridine rings is 1. The van der Waals surface area contributed by atoms with Gasteiger partial charge < -0.3 is 20.7 Å². The summed E-state index contributed by atoms with van der Waals surface area (Å²) in [6.45, 7) is 3.17. The second kappa shape index (κ2) is 10.2. The molecule has 0 aliphatic carbocycles. The van der Waals surface area contributed by atoms with Crippen molar-refractivity contribution in [2.75, 3.05) is 16.0 Å². The molecule has 3 amide bonds. The number of halogens is 1. The molecule has 3 aromatic rings. The molecule has 1 heterocycles. The number of hydrogen-bond donors (Lipinski definition) is 3. The van der Waals surface area contributed by atoms with Gasteiger partial charge in [0.25, 0.3) is 0 Å². The highest BCUT2D eigenvalue weighted by molar-refractivity contribution is 6.08. The van der Waals surface area contributed by atoms with Gasteiger partial charge in [-0.25, -0.2) is 9.37 Å². The zero-order chi connectivity index (χ0) is 23.1. The second-order valence-corrected chi connectivity index (χ2v) is 6.92. The first-order chi connectivity index (χ1) is 15.3. The summed E-state index contributed by atoms with van der Waals surface area (Å²) in [5.74, 6) is -0.283. The molecule has 1 aromatic heterocycles. The molecule has 0 spiro atoms. The maximum atomic E-state index is 12.9. The van der Waals surface area contributed by atoms with Gasteiger partial charge in [0.15, 0.2) is 0 Å². The molecule has 0 saturated heterocycles. The lowest BCUT2D eigenvalue weighted by molar-refractivity contribution is -0.123. The smallest absolute Gasteiger partial charge is 0.233 e. The average Bonchev–Trinajstić information content (AvgIpc) is 2.71. The largest absolute Gasteiger partial charge is 0.457 e. The van der Waals surface area contributed by atoms with Crippen LogP contribution in [-0.4, -0.2) is 22.7 Å². The Bertz CT molecular complexity index is 1150. The van der Waals surface area contributed by atoms with Crippen molar-refractivity contribution in [2.24, 2.45) is 0 Å². The summed E-state index contributed by atoms with van der Waals surface area (Å²) in [5, 5.41) is 7.80. The molecule has 8 nitrogen and oxygen atoms in total. The molecule has 9 heteroatoms. The number of nitrogens with zero attached hydrogens (tertiary/aromatic N) is 1. The van der Waals surface area contributed by atoms with Gasteiger partial charge in [-0.2, -0.15) is 0 Å². The van der Waals surface area contributed by atoms with Crippen LogP contribution < -0.4 is 20.7 Å². The maximum absolute atomic E-state index is 12.9. The van der Waals surface area contributed by atoms with Crippen molar-refractivity contribution in [1.82, 2.24) is 4.98 Å². The number of benzene rings is 2. The van der Waals surface area contributed by atoms with Crippen molar-refractivity contribution in [1.29, 1.82) is 0 Å². The van der Waals surface area contributed by atoms with Gasteiger partial charge in [-0.15, -0.1) is 0 Å². The number of aryl methyl sites for hydroxylation is 1. The Morgan fingerprint density at radius 1 is 0.906 bits per heavy atom. The van der Waals surface area contributed by atoms with E-state index in [1.807, 2.05) is 0 Å². The summed E-state index contributed by atoms with van der Waals surface area (Å²) >= 11 is 0. The van der Waals surface area contributed by atoms with Crippen LogP contribution in [0, 0.1) is 12.7 Å². The molecule has 0 bridgehead atoms. The highest BCUT2D eigenvalue weighted by Gasteiger charge is 2.12. The van der Waals surface area contributed by atoms with E-state index in [9.17, 15) is 18.8 Å². The first-order valence-corrected chi connectivity index (χ1v) is 9.66. The van der Waals surface area contributed by atoms with Crippen molar-refractivity contribution >= 4 is 34.9 Å². The van der Waals surface area contributed by atoms with Gasteiger partial charge in [-0.05, 0) is 61.0 Å². The van der Waals surface area contributed by atoms with Crippen molar-refractivity contribution < 1.29 is 23.5 Å². The van der Waals surface area contributed by atoms with Crippen LogP contribution in [0.25, 0.3) is 0 Å². The number of carbonyl (C=O) groups is 3. The van der Waals surface area contributed by atoms with E-state index in [0.29, 0.717) is 28.7 Å². The van der Waals surface area contributed by atoms with Crippen LogP contribution in [0.1, 0.15) is 18.9 Å². The third kappa shape index (κ3) is 6.63. The fourth-order valence-electron chi connectivity index (χ4n) is 2.78. The van der Waals surface area contributed by atoms with Gasteiger partial charge in [-0.1, -0.05) is 0 Å². The Hall–Kier alpha value is -4.27. The minimum Gasteiger partial charge on any atom is -0.457 e.